The van der Waals surface area contributed by atoms with Crippen molar-refractivity contribution < 1.29 is 4.74 Å². The van der Waals surface area contributed by atoms with Crippen LogP contribution in [0.15, 0.2) is 24.8 Å². The maximum Gasteiger partial charge on any atom is 0.167 e. The van der Waals surface area contributed by atoms with Crippen LogP contribution < -0.4 is 5.73 Å². The molecule has 0 saturated carbocycles. The lowest BCUT2D eigenvalue weighted by molar-refractivity contribution is 0.0313. The SMILES string of the molecule is Nc1ncnc2c1ncn2[C@H]1C=C[C@@H](CCl)O1. The summed E-state index contributed by atoms with van der Waals surface area (Å²) in [5, 5.41) is 0. The number of rotatable bonds is 2. The monoisotopic (exact) mass is 251 g/mol. The first-order valence-corrected chi connectivity index (χ1v) is 5.66. The number of alkyl halides is 1. The molecular weight excluding hydrogens is 242 g/mol. The number of nitrogens with two attached hydrogens (primary N) is 1. The Morgan fingerprint density at radius 1 is 1.35 bits per heavy atom. The van der Waals surface area contributed by atoms with Crippen LogP contribution in [0, 0.1) is 0 Å². The van der Waals surface area contributed by atoms with Crippen molar-refractivity contribution in [1.82, 2.24) is 19.5 Å². The number of hydrogen-bond donors (Lipinski definition) is 1. The van der Waals surface area contributed by atoms with Crippen molar-refractivity contribution in [2.45, 2.75) is 12.3 Å². The third-order valence-electron chi connectivity index (χ3n) is 2.62. The van der Waals surface area contributed by atoms with E-state index >= 15 is 0 Å². The molecule has 2 aromatic rings. The molecular formula is C10H10ClN5O. The lowest BCUT2D eigenvalue weighted by Crippen LogP contribution is -2.13. The minimum Gasteiger partial charge on any atom is -0.382 e. The molecule has 1 aliphatic rings. The molecule has 0 radical (unpaired) electrons. The summed E-state index contributed by atoms with van der Waals surface area (Å²) >= 11 is 5.73. The van der Waals surface area contributed by atoms with Crippen LogP contribution in [0.2, 0.25) is 0 Å². The highest BCUT2D eigenvalue weighted by molar-refractivity contribution is 6.18. The number of hydrogen-bond acceptors (Lipinski definition) is 5. The van der Waals surface area contributed by atoms with Gasteiger partial charge in [0, 0.05) is 0 Å². The lowest BCUT2D eigenvalue weighted by atomic mass is 10.4. The Hall–Kier alpha value is -1.66. The first-order valence-electron chi connectivity index (χ1n) is 5.12. The molecule has 0 aromatic carbocycles. The first-order chi connectivity index (χ1) is 8.29. The fourth-order valence-corrected chi connectivity index (χ4v) is 1.97. The highest BCUT2D eigenvalue weighted by Gasteiger charge is 2.22. The summed E-state index contributed by atoms with van der Waals surface area (Å²) < 4.78 is 7.48. The van der Waals surface area contributed by atoms with E-state index in [1.807, 2.05) is 12.2 Å². The van der Waals surface area contributed by atoms with E-state index in [4.69, 9.17) is 22.1 Å². The Morgan fingerprint density at radius 2 is 2.24 bits per heavy atom. The largest absolute Gasteiger partial charge is 0.382 e. The Kier molecular flexibility index (Phi) is 2.45. The third kappa shape index (κ3) is 1.65. The molecule has 0 amide bonds. The van der Waals surface area contributed by atoms with E-state index in [1.54, 1.807) is 10.9 Å². The Labute approximate surface area is 102 Å². The summed E-state index contributed by atoms with van der Waals surface area (Å²) in [5.41, 5.74) is 6.95. The van der Waals surface area contributed by atoms with Crippen molar-refractivity contribution in [1.29, 1.82) is 0 Å². The second kappa shape index (κ2) is 3.97. The van der Waals surface area contributed by atoms with Gasteiger partial charge in [-0.2, -0.15) is 0 Å². The van der Waals surface area contributed by atoms with Gasteiger partial charge in [0.2, 0.25) is 0 Å². The molecule has 0 fully saturated rings. The van der Waals surface area contributed by atoms with Gasteiger partial charge in [0.15, 0.2) is 17.7 Å². The summed E-state index contributed by atoms with van der Waals surface area (Å²) in [4.78, 5) is 12.2. The Bertz CT molecular complexity index is 581. The zero-order chi connectivity index (χ0) is 11.8. The van der Waals surface area contributed by atoms with Crippen LogP contribution in [0.4, 0.5) is 5.82 Å². The summed E-state index contributed by atoms with van der Waals surface area (Å²) in [6.45, 7) is 0. The average Bonchev–Trinajstić information content (AvgIpc) is 2.94. The second-order valence-corrected chi connectivity index (χ2v) is 4.00. The quantitative estimate of drug-likeness (QED) is 0.639. The molecule has 1 aliphatic heterocycles. The van der Waals surface area contributed by atoms with Crippen LogP contribution in [0.3, 0.4) is 0 Å². The van der Waals surface area contributed by atoms with E-state index in [9.17, 15) is 0 Å². The summed E-state index contributed by atoms with van der Waals surface area (Å²) in [6.07, 6.45) is 6.59. The van der Waals surface area contributed by atoms with E-state index in [-0.39, 0.29) is 12.3 Å². The number of halogens is 1. The van der Waals surface area contributed by atoms with Crippen LogP contribution in [-0.2, 0) is 4.74 Å². The van der Waals surface area contributed by atoms with Crippen molar-refractivity contribution in [3.8, 4) is 0 Å². The average molecular weight is 252 g/mol. The molecule has 0 aliphatic carbocycles. The van der Waals surface area contributed by atoms with Gasteiger partial charge in [0.1, 0.15) is 11.8 Å². The predicted octanol–water partition coefficient (Wildman–Crippen LogP) is 1.10. The van der Waals surface area contributed by atoms with E-state index < -0.39 is 0 Å². The number of fused-ring (bicyclic) bond motifs is 1. The topological polar surface area (TPSA) is 78.9 Å². The molecule has 6 nitrogen and oxygen atoms in total. The molecule has 7 heteroatoms. The van der Waals surface area contributed by atoms with Crippen LogP contribution in [0.1, 0.15) is 6.23 Å². The van der Waals surface area contributed by atoms with E-state index in [0.29, 0.717) is 22.9 Å². The molecule has 2 atom stereocenters. The van der Waals surface area contributed by atoms with Gasteiger partial charge in [0.05, 0.1) is 18.3 Å². The molecule has 3 heterocycles. The van der Waals surface area contributed by atoms with Gasteiger partial charge in [-0.25, -0.2) is 15.0 Å². The van der Waals surface area contributed by atoms with Gasteiger partial charge in [-0.3, -0.25) is 4.57 Å². The smallest absolute Gasteiger partial charge is 0.167 e. The molecule has 0 bridgehead atoms. The van der Waals surface area contributed by atoms with E-state index in [1.165, 1.54) is 6.33 Å². The maximum atomic E-state index is 5.73. The van der Waals surface area contributed by atoms with Crippen LogP contribution >= 0.6 is 11.6 Å². The van der Waals surface area contributed by atoms with Crippen LogP contribution in [0.25, 0.3) is 11.2 Å². The zero-order valence-corrected chi connectivity index (χ0v) is 9.58. The predicted molar refractivity (Wildman–Crippen MR) is 63.5 cm³/mol. The number of aromatic nitrogens is 4. The van der Waals surface area contributed by atoms with Crippen molar-refractivity contribution in [2.24, 2.45) is 0 Å². The normalized spacial score (nSPS) is 23.6. The summed E-state index contributed by atoms with van der Waals surface area (Å²) in [6, 6.07) is 0. The molecule has 0 spiro atoms. The van der Waals surface area contributed by atoms with Crippen molar-refractivity contribution >= 4 is 28.6 Å². The standard InChI is InChI=1S/C10H10ClN5O/c11-3-6-1-2-7(17-6)16-5-15-8-9(12)13-4-14-10(8)16/h1-2,4-7H,3H2,(H2,12,13,14)/t6-,7+/m0/s1. The number of nitrogen functional groups attached to an aromatic ring is 1. The molecule has 2 aromatic heterocycles. The van der Waals surface area contributed by atoms with Gasteiger partial charge in [-0.15, -0.1) is 11.6 Å². The summed E-state index contributed by atoms with van der Waals surface area (Å²) in [7, 11) is 0. The number of nitrogens with zero attached hydrogens (tertiary/aromatic N) is 4. The van der Waals surface area contributed by atoms with E-state index in [2.05, 4.69) is 15.0 Å². The third-order valence-corrected chi connectivity index (χ3v) is 2.92. The highest BCUT2D eigenvalue weighted by atomic mass is 35.5. The van der Waals surface area contributed by atoms with Gasteiger partial charge in [0.25, 0.3) is 0 Å². The van der Waals surface area contributed by atoms with Gasteiger partial charge >= 0.3 is 0 Å². The van der Waals surface area contributed by atoms with Crippen molar-refractivity contribution in [3.05, 3.63) is 24.8 Å². The molecule has 0 unspecified atom stereocenters. The molecule has 0 saturated heterocycles. The number of ether oxygens (including phenoxy) is 1. The fourth-order valence-electron chi connectivity index (χ4n) is 1.79. The molecule has 3 rings (SSSR count). The minimum absolute atomic E-state index is 0.0710. The fraction of sp³-hybridized carbons (Fsp3) is 0.300. The number of anilines is 1. The van der Waals surface area contributed by atoms with E-state index in [0.717, 1.165) is 0 Å². The molecule has 88 valence electrons. The minimum atomic E-state index is -0.238. The van der Waals surface area contributed by atoms with Gasteiger partial charge in [-0.1, -0.05) is 6.08 Å². The summed E-state index contributed by atoms with van der Waals surface area (Å²) in [5.74, 6) is 0.793. The number of imidazole rings is 1. The Balaban J connectivity index is 2.02. The van der Waals surface area contributed by atoms with Crippen LogP contribution in [0.5, 0.6) is 0 Å². The van der Waals surface area contributed by atoms with Gasteiger partial charge in [-0.05, 0) is 6.08 Å². The molecule has 2 N–H and O–H groups in total. The van der Waals surface area contributed by atoms with Crippen molar-refractivity contribution in [2.75, 3.05) is 11.6 Å². The highest BCUT2D eigenvalue weighted by Crippen LogP contribution is 2.25. The zero-order valence-electron chi connectivity index (χ0n) is 8.82. The first kappa shape index (κ1) is 10.5. The van der Waals surface area contributed by atoms with Crippen LogP contribution in [-0.4, -0.2) is 31.5 Å². The second-order valence-electron chi connectivity index (χ2n) is 3.69. The maximum absolute atomic E-state index is 5.73. The Morgan fingerprint density at radius 3 is 3.00 bits per heavy atom. The van der Waals surface area contributed by atoms with Crippen molar-refractivity contribution in [3.63, 3.8) is 0 Å². The molecule has 17 heavy (non-hydrogen) atoms. The lowest BCUT2D eigenvalue weighted by Gasteiger charge is -2.13. The van der Waals surface area contributed by atoms with Gasteiger partial charge < -0.3 is 10.5 Å².